The molecule has 0 bridgehead atoms. The predicted molar refractivity (Wildman–Crippen MR) is 97.8 cm³/mol. The number of nitrogens with one attached hydrogen (secondary N) is 1. The number of esters is 1. The molecule has 3 rings (SSSR count). The van der Waals surface area contributed by atoms with Crippen LogP contribution in [0.1, 0.15) is 42.2 Å². The molecular weight excluding hydrogens is 316 g/mol. The number of carbonyl (C=O) groups excluding carboxylic acids is 2. The molecule has 2 aromatic carbocycles. The number of para-hydroxylation sites is 1. The first-order chi connectivity index (χ1) is 12.0. The van der Waals surface area contributed by atoms with Crippen molar-refractivity contribution in [2.24, 2.45) is 0 Å². The molecule has 1 N–H and O–H groups in total. The van der Waals surface area contributed by atoms with Crippen LogP contribution in [0.3, 0.4) is 0 Å². The number of benzene rings is 2. The van der Waals surface area contributed by atoms with Gasteiger partial charge in [0.25, 0.3) is 0 Å². The van der Waals surface area contributed by atoms with Crippen molar-refractivity contribution in [3.05, 3.63) is 59.7 Å². The topological polar surface area (TPSA) is 58.6 Å². The standard InChI is InChI=1S/C20H22N2O3/c1-13-12-18(17-6-4-5-7-19(17)22(13)14(2)23)21-16-10-8-15(9-11-16)20(24)25-3/h4-11,13,18,21H,12H2,1-3H3/t13-,18+/m0/s1. The lowest BCUT2D eigenvalue weighted by Crippen LogP contribution is -2.43. The zero-order chi connectivity index (χ0) is 18.0. The van der Waals surface area contributed by atoms with Gasteiger partial charge in [-0.2, -0.15) is 0 Å². The Hall–Kier alpha value is -2.82. The third-order valence-electron chi connectivity index (χ3n) is 4.58. The van der Waals surface area contributed by atoms with E-state index >= 15 is 0 Å². The van der Waals surface area contributed by atoms with Crippen LogP contribution in [0, 0.1) is 0 Å². The molecule has 0 aromatic heterocycles. The van der Waals surface area contributed by atoms with E-state index in [1.54, 1.807) is 19.1 Å². The lowest BCUT2D eigenvalue weighted by Gasteiger charge is -2.39. The van der Waals surface area contributed by atoms with Crippen LogP contribution in [-0.2, 0) is 9.53 Å². The molecule has 1 amide bonds. The molecule has 0 radical (unpaired) electrons. The predicted octanol–water partition coefficient (Wildman–Crippen LogP) is 3.77. The third kappa shape index (κ3) is 3.36. The maximum Gasteiger partial charge on any atom is 0.337 e. The van der Waals surface area contributed by atoms with Crippen molar-refractivity contribution in [3.8, 4) is 0 Å². The van der Waals surface area contributed by atoms with E-state index in [1.165, 1.54) is 7.11 Å². The van der Waals surface area contributed by atoms with Gasteiger partial charge in [0.05, 0.1) is 18.7 Å². The fourth-order valence-electron chi connectivity index (χ4n) is 3.45. The fraction of sp³-hybridized carbons (Fsp3) is 0.300. The van der Waals surface area contributed by atoms with Gasteiger partial charge < -0.3 is 15.0 Å². The van der Waals surface area contributed by atoms with Gasteiger partial charge in [-0.05, 0) is 49.2 Å². The first-order valence-corrected chi connectivity index (χ1v) is 8.35. The molecule has 2 atom stereocenters. The first-order valence-electron chi connectivity index (χ1n) is 8.35. The smallest absolute Gasteiger partial charge is 0.337 e. The van der Waals surface area contributed by atoms with E-state index in [0.29, 0.717) is 5.56 Å². The molecule has 1 aliphatic rings. The molecular formula is C20H22N2O3. The Morgan fingerprint density at radius 1 is 1.12 bits per heavy atom. The number of rotatable bonds is 3. The molecule has 0 aliphatic carbocycles. The number of nitrogens with zero attached hydrogens (tertiary/aromatic N) is 1. The highest BCUT2D eigenvalue weighted by atomic mass is 16.5. The van der Waals surface area contributed by atoms with Crippen LogP contribution >= 0.6 is 0 Å². The number of hydrogen-bond acceptors (Lipinski definition) is 4. The summed E-state index contributed by atoms with van der Waals surface area (Å²) in [7, 11) is 1.37. The third-order valence-corrected chi connectivity index (χ3v) is 4.58. The van der Waals surface area contributed by atoms with Gasteiger partial charge in [0.2, 0.25) is 5.91 Å². The summed E-state index contributed by atoms with van der Waals surface area (Å²) in [5.41, 5.74) is 3.51. The minimum absolute atomic E-state index is 0.0563. The molecule has 0 spiro atoms. The summed E-state index contributed by atoms with van der Waals surface area (Å²) in [6.45, 7) is 3.67. The highest BCUT2D eigenvalue weighted by Gasteiger charge is 2.31. The number of fused-ring (bicyclic) bond motifs is 1. The second-order valence-electron chi connectivity index (χ2n) is 6.30. The summed E-state index contributed by atoms with van der Waals surface area (Å²) < 4.78 is 4.72. The molecule has 1 heterocycles. The summed E-state index contributed by atoms with van der Waals surface area (Å²) in [4.78, 5) is 25.4. The summed E-state index contributed by atoms with van der Waals surface area (Å²) in [6.07, 6.45) is 0.815. The second-order valence-corrected chi connectivity index (χ2v) is 6.30. The SMILES string of the molecule is COC(=O)c1ccc(N[C@@H]2C[C@H](C)N(C(C)=O)c3ccccc32)cc1. The van der Waals surface area contributed by atoms with E-state index < -0.39 is 0 Å². The van der Waals surface area contributed by atoms with Crippen molar-refractivity contribution in [1.82, 2.24) is 0 Å². The van der Waals surface area contributed by atoms with E-state index in [1.807, 2.05) is 35.2 Å². The summed E-state index contributed by atoms with van der Waals surface area (Å²) in [6, 6.07) is 15.4. The van der Waals surface area contributed by atoms with Crippen molar-refractivity contribution >= 4 is 23.3 Å². The lowest BCUT2D eigenvalue weighted by atomic mass is 9.91. The minimum atomic E-state index is -0.347. The van der Waals surface area contributed by atoms with E-state index in [9.17, 15) is 9.59 Å². The zero-order valence-corrected chi connectivity index (χ0v) is 14.7. The molecule has 5 heteroatoms. The Labute approximate surface area is 147 Å². The highest BCUT2D eigenvalue weighted by Crippen LogP contribution is 2.38. The second kappa shape index (κ2) is 6.97. The fourth-order valence-corrected chi connectivity index (χ4v) is 3.45. The number of hydrogen-bond donors (Lipinski definition) is 1. The monoisotopic (exact) mass is 338 g/mol. The number of carbonyl (C=O) groups is 2. The average molecular weight is 338 g/mol. The Morgan fingerprint density at radius 2 is 1.80 bits per heavy atom. The summed E-state index contributed by atoms with van der Waals surface area (Å²) >= 11 is 0. The van der Waals surface area contributed by atoms with Crippen LogP contribution in [0.5, 0.6) is 0 Å². The van der Waals surface area contributed by atoms with Crippen LogP contribution in [0.15, 0.2) is 48.5 Å². The van der Waals surface area contributed by atoms with Crippen LogP contribution in [-0.4, -0.2) is 25.0 Å². The van der Waals surface area contributed by atoms with Gasteiger partial charge in [0, 0.05) is 24.3 Å². The highest BCUT2D eigenvalue weighted by molar-refractivity contribution is 5.94. The normalized spacial score (nSPS) is 19.1. The van der Waals surface area contributed by atoms with Gasteiger partial charge in [-0.25, -0.2) is 4.79 Å². The van der Waals surface area contributed by atoms with Crippen LogP contribution < -0.4 is 10.2 Å². The van der Waals surface area contributed by atoms with E-state index in [0.717, 1.165) is 23.4 Å². The molecule has 2 aromatic rings. The van der Waals surface area contributed by atoms with E-state index in [-0.39, 0.29) is 24.0 Å². The number of amides is 1. The zero-order valence-electron chi connectivity index (χ0n) is 14.7. The van der Waals surface area contributed by atoms with E-state index in [2.05, 4.69) is 18.3 Å². The Kier molecular flexibility index (Phi) is 4.74. The lowest BCUT2D eigenvalue weighted by molar-refractivity contribution is -0.117. The minimum Gasteiger partial charge on any atom is -0.465 e. The Bertz CT molecular complexity index is 786. The van der Waals surface area contributed by atoms with Crippen molar-refractivity contribution < 1.29 is 14.3 Å². The largest absolute Gasteiger partial charge is 0.465 e. The molecule has 0 fully saturated rings. The number of methoxy groups -OCH3 is 1. The van der Waals surface area contributed by atoms with Crippen LogP contribution in [0.4, 0.5) is 11.4 Å². The van der Waals surface area contributed by atoms with Crippen molar-refractivity contribution in [2.45, 2.75) is 32.4 Å². The van der Waals surface area contributed by atoms with E-state index in [4.69, 9.17) is 4.74 Å². The maximum absolute atomic E-state index is 12.0. The van der Waals surface area contributed by atoms with Gasteiger partial charge in [-0.3, -0.25) is 4.79 Å². The summed E-state index contributed by atoms with van der Waals surface area (Å²) in [5.74, 6) is -0.291. The van der Waals surface area contributed by atoms with Crippen molar-refractivity contribution in [2.75, 3.05) is 17.3 Å². The quantitative estimate of drug-likeness (QED) is 0.866. The molecule has 0 saturated heterocycles. The van der Waals surface area contributed by atoms with Crippen molar-refractivity contribution in [3.63, 3.8) is 0 Å². The average Bonchev–Trinajstić information content (AvgIpc) is 2.61. The van der Waals surface area contributed by atoms with Gasteiger partial charge >= 0.3 is 5.97 Å². The maximum atomic E-state index is 12.0. The Balaban J connectivity index is 1.86. The first kappa shape index (κ1) is 17.0. The Morgan fingerprint density at radius 3 is 2.44 bits per heavy atom. The van der Waals surface area contributed by atoms with Gasteiger partial charge in [0.15, 0.2) is 0 Å². The van der Waals surface area contributed by atoms with Crippen molar-refractivity contribution in [1.29, 1.82) is 0 Å². The molecule has 0 saturated carbocycles. The molecule has 5 nitrogen and oxygen atoms in total. The number of anilines is 2. The van der Waals surface area contributed by atoms with Gasteiger partial charge in [-0.1, -0.05) is 18.2 Å². The van der Waals surface area contributed by atoms with Gasteiger partial charge in [-0.15, -0.1) is 0 Å². The molecule has 1 aliphatic heterocycles. The molecule has 130 valence electrons. The van der Waals surface area contributed by atoms with Crippen LogP contribution in [0.2, 0.25) is 0 Å². The summed E-state index contributed by atoms with van der Waals surface area (Å²) in [5, 5.41) is 3.52. The van der Waals surface area contributed by atoms with Gasteiger partial charge in [0.1, 0.15) is 0 Å². The van der Waals surface area contributed by atoms with Crippen LogP contribution in [0.25, 0.3) is 0 Å². The molecule has 25 heavy (non-hydrogen) atoms. The molecule has 0 unspecified atom stereocenters. The number of ether oxygens (including phenoxy) is 1.